The second kappa shape index (κ2) is 3.89. The minimum absolute atomic E-state index is 0.197. The van der Waals surface area contributed by atoms with Crippen LogP contribution in [0.15, 0.2) is 0 Å². The Morgan fingerprint density at radius 2 is 2.07 bits per heavy atom. The summed E-state index contributed by atoms with van der Waals surface area (Å²) in [4.78, 5) is 0. The highest BCUT2D eigenvalue weighted by molar-refractivity contribution is 4.98. The zero-order valence-electron chi connectivity index (χ0n) is 9.40. The monoisotopic (exact) mass is 209 g/mol. The van der Waals surface area contributed by atoms with Gasteiger partial charge in [0.25, 0.3) is 0 Å². The van der Waals surface area contributed by atoms with Crippen LogP contribution < -0.4 is 5.73 Å². The maximum atomic E-state index is 5.92. The van der Waals surface area contributed by atoms with Crippen molar-refractivity contribution < 1.29 is 0 Å². The summed E-state index contributed by atoms with van der Waals surface area (Å²) >= 11 is 0. The second-order valence-electron chi connectivity index (χ2n) is 5.07. The van der Waals surface area contributed by atoms with Crippen molar-refractivity contribution in [3.05, 3.63) is 5.82 Å². The third-order valence-electron chi connectivity index (χ3n) is 3.84. The Balaban J connectivity index is 2.10. The molecule has 5 nitrogen and oxygen atoms in total. The van der Waals surface area contributed by atoms with Gasteiger partial charge in [-0.15, -0.1) is 10.2 Å². The molecule has 0 aromatic carbocycles. The summed E-state index contributed by atoms with van der Waals surface area (Å²) in [6, 6.07) is 0. The van der Waals surface area contributed by atoms with Gasteiger partial charge in [0.2, 0.25) is 0 Å². The van der Waals surface area contributed by atoms with Gasteiger partial charge in [-0.2, -0.15) is 5.21 Å². The largest absolute Gasteiger partial charge is 0.330 e. The van der Waals surface area contributed by atoms with E-state index in [0.717, 1.165) is 30.6 Å². The minimum Gasteiger partial charge on any atom is -0.330 e. The van der Waals surface area contributed by atoms with Crippen molar-refractivity contribution in [1.29, 1.82) is 0 Å². The molecule has 5 heteroatoms. The van der Waals surface area contributed by atoms with E-state index in [1.54, 1.807) is 0 Å². The summed E-state index contributed by atoms with van der Waals surface area (Å²) in [5, 5.41) is 14.1. The molecule has 0 radical (unpaired) electrons. The normalized spacial score (nSPS) is 35.9. The van der Waals surface area contributed by atoms with E-state index in [2.05, 4.69) is 34.5 Å². The molecule has 1 aromatic heterocycles. The molecule has 1 aromatic rings. The average molecular weight is 209 g/mol. The van der Waals surface area contributed by atoms with E-state index < -0.39 is 0 Å². The maximum absolute atomic E-state index is 5.92. The molecular formula is C10H19N5. The number of nitrogens with two attached hydrogens (primary N) is 1. The SMILES string of the molecule is C[C@@H]1CC(CN)(Cc2nn[nH]n2)C[C@@H]1C. The van der Waals surface area contributed by atoms with Gasteiger partial charge in [0.1, 0.15) is 0 Å². The van der Waals surface area contributed by atoms with E-state index in [9.17, 15) is 0 Å². The summed E-state index contributed by atoms with van der Waals surface area (Å²) in [5.74, 6) is 2.29. The smallest absolute Gasteiger partial charge is 0.175 e. The first-order valence-electron chi connectivity index (χ1n) is 5.57. The number of nitrogens with one attached hydrogen (secondary N) is 1. The highest BCUT2D eigenvalue weighted by atomic mass is 15.5. The number of nitrogens with zero attached hydrogens (tertiary/aromatic N) is 3. The Morgan fingerprint density at radius 1 is 1.40 bits per heavy atom. The van der Waals surface area contributed by atoms with Crippen LogP contribution in [0.3, 0.4) is 0 Å². The molecule has 1 saturated carbocycles. The summed E-state index contributed by atoms with van der Waals surface area (Å²) in [6.07, 6.45) is 3.22. The number of tetrazole rings is 1. The van der Waals surface area contributed by atoms with Crippen molar-refractivity contribution >= 4 is 0 Å². The molecule has 3 N–H and O–H groups in total. The Hall–Kier alpha value is -0.970. The number of aromatic amines is 1. The molecule has 1 unspecified atom stereocenters. The van der Waals surface area contributed by atoms with E-state index in [-0.39, 0.29) is 5.41 Å². The molecule has 0 bridgehead atoms. The van der Waals surface area contributed by atoms with Gasteiger partial charge in [0.05, 0.1) is 0 Å². The lowest BCUT2D eigenvalue weighted by Gasteiger charge is -2.25. The van der Waals surface area contributed by atoms with Gasteiger partial charge in [0, 0.05) is 6.42 Å². The number of rotatable bonds is 3. The van der Waals surface area contributed by atoms with Gasteiger partial charge in [0.15, 0.2) is 5.82 Å². The third kappa shape index (κ3) is 2.02. The Morgan fingerprint density at radius 3 is 2.53 bits per heavy atom. The predicted octanol–water partition coefficient (Wildman–Crippen LogP) is 0.753. The van der Waals surface area contributed by atoms with Crippen LogP contribution in [0, 0.1) is 17.3 Å². The summed E-state index contributed by atoms with van der Waals surface area (Å²) in [7, 11) is 0. The number of hydrogen-bond acceptors (Lipinski definition) is 4. The Bertz CT molecular complexity index is 298. The fraction of sp³-hybridized carbons (Fsp3) is 0.900. The van der Waals surface area contributed by atoms with Gasteiger partial charge in [-0.3, -0.25) is 0 Å². The summed E-state index contributed by atoms with van der Waals surface area (Å²) in [6.45, 7) is 5.33. The van der Waals surface area contributed by atoms with Gasteiger partial charge in [-0.1, -0.05) is 19.1 Å². The van der Waals surface area contributed by atoms with Crippen LogP contribution in [0.5, 0.6) is 0 Å². The molecule has 84 valence electrons. The molecule has 3 atom stereocenters. The van der Waals surface area contributed by atoms with E-state index in [4.69, 9.17) is 5.73 Å². The zero-order chi connectivity index (χ0) is 10.9. The lowest BCUT2D eigenvalue weighted by atomic mass is 9.81. The van der Waals surface area contributed by atoms with Crippen molar-refractivity contribution in [1.82, 2.24) is 20.6 Å². The van der Waals surface area contributed by atoms with E-state index in [1.807, 2.05) is 0 Å². The Kier molecular flexibility index (Phi) is 2.73. The van der Waals surface area contributed by atoms with Crippen LogP contribution in [0.25, 0.3) is 0 Å². The van der Waals surface area contributed by atoms with Crippen LogP contribution in [-0.2, 0) is 6.42 Å². The van der Waals surface area contributed by atoms with Crippen molar-refractivity contribution in [2.24, 2.45) is 23.0 Å². The molecule has 0 aliphatic heterocycles. The lowest BCUT2D eigenvalue weighted by Crippen LogP contribution is -2.31. The first kappa shape index (κ1) is 10.5. The molecule has 1 aliphatic rings. The Labute approximate surface area is 89.8 Å². The summed E-state index contributed by atoms with van der Waals surface area (Å²) < 4.78 is 0. The van der Waals surface area contributed by atoms with Crippen molar-refractivity contribution in [2.75, 3.05) is 6.54 Å². The van der Waals surface area contributed by atoms with Gasteiger partial charge < -0.3 is 5.73 Å². The number of H-pyrrole nitrogens is 1. The van der Waals surface area contributed by atoms with E-state index in [0.29, 0.717) is 0 Å². The molecule has 0 saturated heterocycles. The highest BCUT2D eigenvalue weighted by Gasteiger charge is 2.41. The molecule has 1 aliphatic carbocycles. The quantitative estimate of drug-likeness (QED) is 0.770. The molecule has 2 rings (SSSR count). The van der Waals surface area contributed by atoms with Crippen molar-refractivity contribution in [2.45, 2.75) is 33.1 Å². The average Bonchev–Trinajstić information content (AvgIpc) is 2.78. The molecule has 0 spiro atoms. The maximum Gasteiger partial charge on any atom is 0.175 e. The first-order valence-corrected chi connectivity index (χ1v) is 5.57. The highest BCUT2D eigenvalue weighted by Crippen LogP contribution is 2.46. The molecule has 1 fully saturated rings. The van der Waals surface area contributed by atoms with Crippen molar-refractivity contribution in [3.63, 3.8) is 0 Å². The topological polar surface area (TPSA) is 80.5 Å². The number of hydrogen-bond donors (Lipinski definition) is 2. The molecule has 15 heavy (non-hydrogen) atoms. The van der Waals surface area contributed by atoms with E-state index in [1.165, 1.54) is 12.8 Å². The van der Waals surface area contributed by atoms with Gasteiger partial charge >= 0.3 is 0 Å². The molecule has 0 amide bonds. The minimum atomic E-state index is 0.197. The third-order valence-corrected chi connectivity index (χ3v) is 3.84. The molecule has 1 heterocycles. The van der Waals surface area contributed by atoms with Crippen LogP contribution in [-0.4, -0.2) is 27.2 Å². The van der Waals surface area contributed by atoms with Crippen LogP contribution in [0.1, 0.15) is 32.5 Å². The second-order valence-corrected chi connectivity index (χ2v) is 5.07. The van der Waals surface area contributed by atoms with E-state index >= 15 is 0 Å². The van der Waals surface area contributed by atoms with Gasteiger partial charge in [-0.05, 0) is 36.6 Å². The van der Waals surface area contributed by atoms with Crippen LogP contribution in [0.4, 0.5) is 0 Å². The van der Waals surface area contributed by atoms with Gasteiger partial charge in [-0.25, -0.2) is 0 Å². The fourth-order valence-corrected chi connectivity index (χ4v) is 2.83. The lowest BCUT2D eigenvalue weighted by molar-refractivity contribution is 0.285. The standard InChI is InChI=1S/C10H19N5/c1-7-3-10(6-11,4-8(7)2)5-9-12-14-15-13-9/h7-8H,3-6,11H2,1-2H3,(H,12,13,14,15)/t7-,8+,10?. The van der Waals surface area contributed by atoms with Crippen LogP contribution >= 0.6 is 0 Å². The predicted molar refractivity (Wildman–Crippen MR) is 56.9 cm³/mol. The fourth-order valence-electron chi connectivity index (χ4n) is 2.83. The number of aromatic nitrogens is 4. The molecular weight excluding hydrogens is 190 g/mol. The van der Waals surface area contributed by atoms with Crippen molar-refractivity contribution in [3.8, 4) is 0 Å². The summed E-state index contributed by atoms with van der Waals surface area (Å²) in [5.41, 5.74) is 6.12. The first-order chi connectivity index (χ1) is 7.15. The zero-order valence-corrected chi connectivity index (χ0v) is 9.40. The van der Waals surface area contributed by atoms with Crippen LogP contribution in [0.2, 0.25) is 0 Å².